The van der Waals surface area contributed by atoms with Crippen molar-refractivity contribution in [3.05, 3.63) is 36.7 Å². The summed E-state index contributed by atoms with van der Waals surface area (Å²) in [5.74, 6) is 0.414. The Kier molecular flexibility index (Phi) is 1.53. The summed E-state index contributed by atoms with van der Waals surface area (Å²) >= 11 is 0. The first-order chi connectivity index (χ1) is 7.34. The summed E-state index contributed by atoms with van der Waals surface area (Å²) in [4.78, 5) is 0. The van der Waals surface area contributed by atoms with E-state index in [9.17, 15) is 0 Å². The van der Waals surface area contributed by atoms with Crippen LogP contribution in [0.5, 0.6) is 0 Å². The van der Waals surface area contributed by atoms with Gasteiger partial charge in [0.15, 0.2) is 11.4 Å². The van der Waals surface area contributed by atoms with Gasteiger partial charge in [0.05, 0.1) is 11.1 Å². The summed E-state index contributed by atoms with van der Waals surface area (Å²) in [5.41, 5.74) is 7.20. The molecule has 0 radical (unpaired) electrons. The third kappa shape index (κ3) is 1.17. The third-order valence-electron chi connectivity index (χ3n) is 2.25. The van der Waals surface area contributed by atoms with Crippen molar-refractivity contribution in [3.63, 3.8) is 0 Å². The first-order valence-corrected chi connectivity index (χ1v) is 4.49. The van der Waals surface area contributed by atoms with Gasteiger partial charge in [-0.05, 0) is 18.2 Å². The second kappa shape index (κ2) is 2.84. The van der Waals surface area contributed by atoms with Gasteiger partial charge in [0, 0.05) is 18.5 Å². The fourth-order valence-corrected chi connectivity index (χ4v) is 1.51. The number of nitrogens with two attached hydrogens (primary N) is 1. The quantitative estimate of drug-likeness (QED) is 0.647. The Hall–Kier alpha value is -2.30. The summed E-state index contributed by atoms with van der Waals surface area (Å²) in [7, 11) is 0. The highest BCUT2D eigenvalue weighted by molar-refractivity contribution is 5.88. The van der Waals surface area contributed by atoms with E-state index in [4.69, 9.17) is 10.3 Å². The summed E-state index contributed by atoms with van der Waals surface area (Å²) in [6.45, 7) is 0. The molecule has 0 saturated carbocycles. The number of rotatable bonds is 1. The van der Waals surface area contributed by atoms with Crippen LogP contribution in [0.1, 0.15) is 0 Å². The molecule has 74 valence electrons. The molecule has 0 fully saturated rings. The van der Waals surface area contributed by atoms with E-state index in [0.717, 1.165) is 11.1 Å². The zero-order valence-corrected chi connectivity index (χ0v) is 7.79. The molecule has 0 spiro atoms. The Bertz CT molecular complexity index is 597. The second-order valence-electron chi connectivity index (χ2n) is 3.20. The van der Waals surface area contributed by atoms with Gasteiger partial charge < -0.3 is 10.3 Å². The van der Waals surface area contributed by atoms with Crippen molar-refractivity contribution in [2.24, 2.45) is 0 Å². The van der Waals surface area contributed by atoms with Crippen molar-refractivity contribution in [1.82, 2.24) is 14.9 Å². The fraction of sp³-hybridized carbons (Fsp3) is 0. The summed E-state index contributed by atoms with van der Waals surface area (Å²) in [5, 5.41) is 8.64. The Morgan fingerprint density at radius 1 is 1.33 bits per heavy atom. The SMILES string of the molecule is Nc1noc2cc(-n3cccn3)ccc12. The van der Waals surface area contributed by atoms with Crippen molar-refractivity contribution in [1.29, 1.82) is 0 Å². The van der Waals surface area contributed by atoms with Crippen molar-refractivity contribution in [3.8, 4) is 5.69 Å². The molecule has 3 rings (SSSR count). The zero-order valence-electron chi connectivity index (χ0n) is 7.79. The van der Waals surface area contributed by atoms with E-state index >= 15 is 0 Å². The maximum Gasteiger partial charge on any atom is 0.174 e. The minimum atomic E-state index is 0.414. The lowest BCUT2D eigenvalue weighted by atomic mass is 10.2. The predicted molar refractivity (Wildman–Crippen MR) is 55.5 cm³/mol. The first kappa shape index (κ1) is 8.05. The molecule has 0 atom stereocenters. The van der Waals surface area contributed by atoms with Gasteiger partial charge in [-0.25, -0.2) is 4.68 Å². The minimum absolute atomic E-state index is 0.414. The number of benzene rings is 1. The van der Waals surface area contributed by atoms with Gasteiger partial charge in [-0.15, -0.1) is 0 Å². The average molecular weight is 200 g/mol. The maximum atomic E-state index is 5.62. The standard InChI is InChI=1S/C10H8N4O/c11-10-8-3-2-7(6-9(8)15-13-10)14-5-1-4-12-14/h1-6H,(H2,11,13). The van der Waals surface area contributed by atoms with Crippen LogP contribution in [-0.4, -0.2) is 14.9 Å². The van der Waals surface area contributed by atoms with Crippen molar-refractivity contribution >= 4 is 16.8 Å². The molecule has 5 heteroatoms. The lowest BCUT2D eigenvalue weighted by Gasteiger charge is -1.99. The average Bonchev–Trinajstić information content (AvgIpc) is 2.88. The molecule has 0 bridgehead atoms. The summed E-state index contributed by atoms with van der Waals surface area (Å²) in [6.07, 6.45) is 3.58. The lowest BCUT2D eigenvalue weighted by Crippen LogP contribution is -1.93. The highest BCUT2D eigenvalue weighted by atomic mass is 16.5. The van der Waals surface area contributed by atoms with Crippen LogP contribution in [0.2, 0.25) is 0 Å². The number of aromatic nitrogens is 3. The topological polar surface area (TPSA) is 69.9 Å². The van der Waals surface area contributed by atoms with Crippen molar-refractivity contribution in [2.45, 2.75) is 0 Å². The number of anilines is 1. The molecule has 5 nitrogen and oxygen atoms in total. The van der Waals surface area contributed by atoms with Crippen molar-refractivity contribution < 1.29 is 4.52 Å². The molecule has 2 heterocycles. The Morgan fingerprint density at radius 2 is 2.27 bits per heavy atom. The van der Waals surface area contributed by atoms with E-state index in [1.54, 1.807) is 10.9 Å². The normalized spacial score (nSPS) is 10.9. The van der Waals surface area contributed by atoms with E-state index in [0.29, 0.717) is 11.4 Å². The van der Waals surface area contributed by atoms with Gasteiger partial charge in [0.25, 0.3) is 0 Å². The number of hydrogen-bond acceptors (Lipinski definition) is 4. The molecule has 2 aromatic heterocycles. The Labute approximate surface area is 85.1 Å². The molecule has 1 aromatic carbocycles. The van der Waals surface area contributed by atoms with Gasteiger partial charge in [0.2, 0.25) is 0 Å². The van der Waals surface area contributed by atoms with Crippen LogP contribution in [-0.2, 0) is 0 Å². The van der Waals surface area contributed by atoms with Crippen LogP contribution in [0, 0.1) is 0 Å². The number of nitrogens with zero attached hydrogens (tertiary/aromatic N) is 3. The van der Waals surface area contributed by atoms with Gasteiger partial charge >= 0.3 is 0 Å². The monoisotopic (exact) mass is 200 g/mol. The van der Waals surface area contributed by atoms with Gasteiger partial charge in [-0.2, -0.15) is 5.10 Å². The molecule has 0 aliphatic carbocycles. The largest absolute Gasteiger partial charge is 0.380 e. The van der Waals surface area contributed by atoms with Crippen LogP contribution in [0.15, 0.2) is 41.2 Å². The van der Waals surface area contributed by atoms with Gasteiger partial charge in [0.1, 0.15) is 0 Å². The summed E-state index contributed by atoms with van der Waals surface area (Å²) < 4.78 is 6.82. The Balaban J connectivity index is 2.23. The molecular formula is C10H8N4O. The first-order valence-electron chi connectivity index (χ1n) is 4.49. The Morgan fingerprint density at radius 3 is 3.07 bits per heavy atom. The van der Waals surface area contributed by atoms with E-state index < -0.39 is 0 Å². The molecule has 0 saturated heterocycles. The van der Waals surface area contributed by atoms with Crippen molar-refractivity contribution in [2.75, 3.05) is 5.73 Å². The molecule has 0 amide bonds. The van der Waals surface area contributed by atoms with Crippen LogP contribution >= 0.6 is 0 Å². The number of fused-ring (bicyclic) bond motifs is 1. The van der Waals surface area contributed by atoms with Gasteiger partial charge in [-0.3, -0.25) is 0 Å². The van der Waals surface area contributed by atoms with E-state index in [1.807, 2.05) is 30.5 Å². The minimum Gasteiger partial charge on any atom is -0.380 e. The van der Waals surface area contributed by atoms with E-state index in [-0.39, 0.29) is 0 Å². The lowest BCUT2D eigenvalue weighted by molar-refractivity contribution is 0.460. The fourth-order valence-electron chi connectivity index (χ4n) is 1.51. The maximum absolute atomic E-state index is 5.62. The highest BCUT2D eigenvalue weighted by Crippen LogP contribution is 2.22. The van der Waals surface area contributed by atoms with E-state index in [2.05, 4.69) is 10.3 Å². The molecule has 0 aliphatic heterocycles. The molecule has 0 unspecified atom stereocenters. The second-order valence-corrected chi connectivity index (χ2v) is 3.20. The highest BCUT2D eigenvalue weighted by Gasteiger charge is 2.06. The smallest absolute Gasteiger partial charge is 0.174 e. The predicted octanol–water partition coefficient (Wildman–Crippen LogP) is 1.60. The van der Waals surface area contributed by atoms with Crippen LogP contribution in [0.3, 0.4) is 0 Å². The molecule has 0 aliphatic rings. The summed E-state index contributed by atoms with van der Waals surface area (Å²) in [6, 6.07) is 7.51. The third-order valence-corrected chi connectivity index (χ3v) is 2.25. The number of nitrogen functional groups attached to an aromatic ring is 1. The van der Waals surface area contributed by atoms with Crippen LogP contribution < -0.4 is 5.73 Å². The molecule has 2 N–H and O–H groups in total. The zero-order chi connectivity index (χ0) is 10.3. The molecule has 15 heavy (non-hydrogen) atoms. The van der Waals surface area contributed by atoms with Crippen LogP contribution in [0.4, 0.5) is 5.82 Å². The van der Waals surface area contributed by atoms with E-state index in [1.165, 1.54) is 0 Å². The van der Waals surface area contributed by atoms with Crippen LogP contribution in [0.25, 0.3) is 16.7 Å². The number of hydrogen-bond donors (Lipinski definition) is 1. The van der Waals surface area contributed by atoms with Gasteiger partial charge in [-0.1, -0.05) is 5.16 Å². The molecule has 3 aromatic rings. The molecular weight excluding hydrogens is 192 g/mol.